The van der Waals surface area contributed by atoms with Crippen LogP contribution in [0.5, 0.6) is 5.75 Å². The lowest BCUT2D eigenvalue weighted by molar-refractivity contribution is -0.131. The van der Waals surface area contributed by atoms with Gasteiger partial charge in [0.1, 0.15) is 17.9 Å². The Balaban J connectivity index is 1.75. The lowest BCUT2D eigenvalue weighted by atomic mass is 9.85. The van der Waals surface area contributed by atoms with E-state index in [0.717, 1.165) is 16.9 Å². The number of rotatable bonds is 6. The van der Waals surface area contributed by atoms with Gasteiger partial charge in [-0.1, -0.05) is 38.5 Å². The summed E-state index contributed by atoms with van der Waals surface area (Å²) in [5.41, 5.74) is 1.53. The zero-order chi connectivity index (χ0) is 24.8. The Morgan fingerprint density at radius 3 is 2.27 bits per heavy atom. The maximum Gasteiger partial charge on any atom is 0.408 e. The molecule has 0 saturated carbocycles. The monoisotopic (exact) mass is 461 g/mol. The molecule has 1 saturated heterocycles. The van der Waals surface area contributed by atoms with Crippen LogP contribution in [0.1, 0.15) is 65.5 Å². The van der Waals surface area contributed by atoms with Crippen LogP contribution in [0.4, 0.5) is 4.79 Å². The largest absolute Gasteiger partial charge is 0.483 e. The van der Waals surface area contributed by atoms with Crippen molar-refractivity contribution in [2.45, 2.75) is 78.4 Å². The average Bonchev–Trinajstić information content (AvgIpc) is 2.69. The van der Waals surface area contributed by atoms with Gasteiger partial charge in [0.2, 0.25) is 5.91 Å². The summed E-state index contributed by atoms with van der Waals surface area (Å²) in [6, 6.07) is 5.98. The average molecular weight is 462 g/mol. The van der Waals surface area contributed by atoms with Crippen LogP contribution in [0.25, 0.3) is 0 Å². The molecule has 1 aromatic carbocycles. The molecule has 33 heavy (non-hydrogen) atoms. The number of alkyl carbamates (subject to hydrolysis) is 1. The van der Waals surface area contributed by atoms with Crippen LogP contribution in [0, 0.1) is 6.92 Å². The van der Waals surface area contributed by atoms with E-state index in [2.05, 4.69) is 37.5 Å². The van der Waals surface area contributed by atoms with Gasteiger partial charge in [0, 0.05) is 19.1 Å². The Hall–Kier alpha value is -2.77. The van der Waals surface area contributed by atoms with Gasteiger partial charge < -0.3 is 25.0 Å². The number of piperidine rings is 1. The molecule has 184 valence electrons. The summed E-state index contributed by atoms with van der Waals surface area (Å²) in [7, 11) is 0. The number of hydrogen-bond acceptors (Lipinski definition) is 5. The Bertz CT molecular complexity index is 847. The molecule has 0 aliphatic carbocycles. The van der Waals surface area contributed by atoms with Crippen molar-refractivity contribution in [1.82, 2.24) is 15.5 Å². The summed E-state index contributed by atoms with van der Waals surface area (Å²) in [4.78, 5) is 38.2. The first kappa shape index (κ1) is 26.5. The van der Waals surface area contributed by atoms with Crippen LogP contribution in [0.15, 0.2) is 18.2 Å². The number of hydrogen-bond donors (Lipinski definition) is 2. The second kappa shape index (κ2) is 10.9. The zero-order valence-electron chi connectivity index (χ0n) is 21.0. The predicted molar refractivity (Wildman–Crippen MR) is 127 cm³/mol. The van der Waals surface area contributed by atoms with E-state index in [1.54, 1.807) is 25.7 Å². The van der Waals surface area contributed by atoms with Gasteiger partial charge in [-0.25, -0.2) is 4.79 Å². The topological polar surface area (TPSA) is 97.0 Å². The first-order chi connectivity index (χ1) is 15.2. The number of nitrogens with zero attached hydrogens (tertiary/aromatic N) is 1. The molecule has 8 nitrogen and oxygen atoms in total. The number of amides is 3. The van der Waals surface area contributed by atoms with E-state index in [-0.39, 0.29) is 36.4 Å². The molecule has 0 radical (unpaired) electrons. The summed E-state index contributed by atoms with van der Waals surface area (Å²) < 4.78 is 11.0. The van der Waals surface area contributed by atoms with Crippen LogP contribution >= 0.6 is 0 Å². The van der Waals surface area contributed by atoms with E-state index in [1.807, 2.05) is 19.1 Å². The van der Waals surface area contributed by atoms with Crippen molar-refractivity contribution in [2.75, 3.05) is 26.2 Å². The zero-order valence-corrected chi connectivity index (χ0v) is 21.0. The fourth-order valence-electron chi connectivity index (χ4n) is 3.62. The van der Waals surface area contributed by atoms with Crippen molar-refractivity contribution in [2.24, 2.45) is 0 Å². The van der Waals surface area contributed by atoms with Crippen LogP contribution in [-0.2, 0) is 19.7 Å². The molecule has 1 aromatic rings. The molecule has 3 amide bonds. The highest BCUT2D eigenvalue weighted by molar-refractivity contribution is 5.82. The number of nitrogens with one attached hydrogen (secondary N) is 2. The van der Waals surface area contributed by atoms with Crippen molar-refractivity contribution >= 4 is 17.9 Å². The Morgan fingerprint density at radius 2 is 1.70 bits per heavy atom. The van der Waals surface area contributed by atoms with Gasteiger partial charge in [-0.15, -0.1) is 0 Å². The molecular weight excluding hydrogens is 422 g/mol. The Labute approximate surface area is 197 Å². The molecular formula is C25H39N3O5. The van der Waals surface area contributed by atoms with E-state index >= 15 is 0 Å². The fourth-order valence-corrected chi connectivity index (χ4v) is 3.62. The van der Waals surface area contributed by atoms with Gasteiger partial charge in [0.15, 0.2) is 6.61 Å². The highest BCUT2D eigenvalue weighted by Crippen LogP contribution is 2.32. The van der Waals surface area contributed by atoms with Crippen LogP contribution in [0.3, 0.4) is 0 Å². The molecule has 0 atom stereocenters. The number of aryl methyl sites for hydroxylation is 1. The molecule has 1 aliphatic heterocycles. The molecule has 1 aliphatic rings. The van der Waals surface area contributed by atoms with Gasteiger partial charge in [-0.3, -0.25) is 9.59 Å². The van der Waals surface area contributed by atoms with Crippen molar-refractivity contribution in [3.8, 4) is 5.75 Å². The molecule has 0 spiro atoms. The van der Waals surface area contributed by atoms with Crippen LogP contribution in [0.2, 0.25) is 0 Å². The molecule has 1 fully saturated rings. The standard InChI is InChI=1S/C25H39N3O5/c1-17-8-9-20(19(14-17)24(2,3)4)32-16-21(29)27-18-10-12-28(13-11-18)22(30)15-26-23(31)33-25(5,6)7/h8-9,14,18H,10-13,15-16H2,1-7H3,(H,26,31)(H,27,29). The summed E-state index contributed by atoms with van der Waals surface area (Å²) >= 11 is 0. The lowest BCUT2D eigenvalue weighted by Gasteiger charge is -2.32. The van der Waals surface area contributed by atoms with Gasteiger partial charge in [0.25, 0.3) is 5.91 Å². The van der Waals surface area contributed by atoms with Crippen LogP contribution < -0.4 is 15.4 Å². The predicted octanol–water partition coefficient (Wildman–Crippen LogP) is 3.30. The van der Waals surface area contributed by atoms with Gasteiger partial charge in [0.05, 0.1) is 0 Å². The number of carbonyl (C=O) groups excluding carboxylic acids is 3. The minimum atomic E-state index is -0.610. The van der Waals surface area contributed by atoms with Gasteiger partial charge >= 0.3 is 6.09 Å². The van der Waals surface area contributed by atoms with Crippen molar-refractivity contribution < 1.29 is 23.9 Å². The maximum atomic E-state index is 12.4. The third-order valence-corrected chi connectivity index (χ3v) is 5.30. The molecule has 2 rings (SSSR count). The minimum absolute atomic E-state index is 0.0101. The fraction of sp³-hybridized carbons (Fsp3) is 0.640. The van der Waals surface area contributed by atoms with Gasteiger partial charge in [-0.05, 0) is 57.6 Å². The summed E-state index contributed by atoms with van der Waals surface area (Å²) in [5.74, 6) is 0.385. The molecule has 8 heteroatoms. The summed E-state index contributed by atoms with van der Waals surface area (Å²) in [5, 5.41) is 5.49. The van der Waals surface area contributed by atoms with E-state index < -0.39 is 11.7 Å². The normalized spacial score (nSPS) is 15.1. The third kappa shape index (κ3) is 8.94. The SMILES string of the molecule is Cc1ccc(OCC(=O)NC2CCN(C(=O)CNC(=O)OC(C)(C)C)CC2)c(C(C)(C)C)c1. The van der Waals surface area contributed by atoms with E-state index in [9.17, 15) is 14.4 Å². The lowest BCUT2D eigenvalue weighted by Crippen LogP contribution is -2.49. The smallest absolute Gasteiger partial charge is 0.408 e. The number of ether oxygens (including phenoxy) is 2. The quantitative estimate of drug-likeness (QED) is 0.678. The second-order valence-electron chi connectivity index (χ2n) is 10.6. The number of benzene rings is 1. The first-order valence-electron chi connectivity index (χ1n) is 11.5. The molecule has 2 N–H and O–H groups in total. The summed E-state index contributed by atoms with van der Waals surface area (Å²) in [6.45, 7) is 14.6. The van der Waals surface area contributed by atoms with Crippen molar-refractivity contribution in [3.05, 3.63) is 29.3 Å². The highest BCUT2D eigenvalue weighted by atomic mass is 16.6. The van der Waals surface area contributed by atoms with Crippen LogP contribution in [-0.4, -0.2) is 60.7 Å². The van der Waals surface area contributed by atoms with Gasteiger partial charge in [-0.2, -0.15) is 0 Å². The molecule has 1 heterocycles. The molecule has 0 unspecified atom stereocenters. The van der Waals surface area contributed by atoms with E-state index in [1.165, 1.54) is 0 Å². The van der Waals surface area contributed by atoms with Crippen molar-refractivity contribution in [3.63, 3.8) is 0 Å². The first-order valence-corrected chi connectivity index (χ1v) is 11.5. The second-order valence-corrected chi connectivity index (χ2v) is 10.6. The summed E-state index contributed by atoms with van der Waals surface area (Å²) in [6.07, 6.45) is 0.699. The number of likely N-dealkylation sites (tertiary alicyclic amines) is 1. The Kier molecular flexibility index (Phi) is 8.75. The van der Waals surface area contributed by atoms with Crippen molar-refractivity contribution in [1.29, 1.82) is 0 Å². The maximum absolute atomic E-state index is 12.4. The van der Waals surface area contributed by atoms with E-state index in [4.69, 9.17) is 9.47 Å². The Morgan fingerprint density at radius 1 is 1.06 bits per heavy atom. The van der Waals surface area contributed by atoms with E-state index in [0.29, 0.717) is 25.9 Å². The highest BCUT2D eigenvalue weighted by Gasteiger charge is 2.25. The molecule has 0 bridgehead atoms. The third-order valence-electron chi connectivity index (χ3n) is 5.30. The molecule has 0 aromatic heterocycles. The minimum Gasteiger partial charge on any atom is -0.483 e. The number of carbonyl (C=O) groups is 3.